The molecular formula is C9H21NO4S. The quantitative estimate of drug-likeness (QED) is 0.559. The molecule has 0 rings (SSSR count). The van der Waals surface area contributed by atoms with E-state index in [1.54, 1.807) is 7.11 Å². The lowest BCUT2D eigenvalue weighted by Crippen LogP contribution is -2.27. The molecule has 0 saturated carbocycles. The molecule has 0 spiro atoms. The van der Waals surface area contributed by atoms with Gasteiger partial charge < -0.3 is 9.47 Å². The normalized spacial score (nSPS) is 11.9. The summed E-state index contributed by atoms with van der Waals surface area (Å²) < 4.78 is 34.9. The van der Waals surface area contributed by atoms with Crippen molar-refractivity contribution in [3.05, 3.63) is 0 Å². The highest BCUT2D eigenvalue weighted by molar-refractivity contribution is 7.89. The zero-order chi connectivity index (χ0) is 11.6. The van der Waals surface area contributed by atoms with Gasteiger partial charge in [0.15, 0.2) is 0 Å². The van der Waals surface area contributed by atoms with E-state index in [0.717, 1.165) is 0 Å². The van der Waals surface area contributed by atoms with E-state index in [4.69, 9.17) is 9.47 Å². The SMILES string of the molecule is CCCS(=O)(=O)NCCCOCCOC. The van der Waals surface area contributed by atoms with E-state index >= 15 is 0 Å². The van der Waals surface area contributed by atoms with Crippen LogP contribution >= 0.6 is 0 Å². The summed E-state index contributed by atoms with van der Waals surface area (Å²) in [6, 6.07) is 0. The summed E-state index contributed by atoms with van der Waals surface area (Å²) in [4.78, 5) is 0. The molecule has 0 aromatic carbocycles. The Morgan fingerprint density at radius 2 is 1.93 bits per heavy atom. The van der Waals surface area contributed by atoms with Crippen molar-refractivity contribution in [2.24, 2.45) is 0 Å². The highest BCUT2D eigenvalue weighted by Gasteiger charge is 2.06. The average molecular weight is 239 g/mol. The molecule has 6 heteroatoms. The van der Waals surface area contributed by atoms with Crippen molar-refractivity contribution in [2.75, 3.05) is 39.2 Å². The first-order chi connectivity index (χ1) is 7.12. The summed E-state index contributed by atoms with van der Waals surface area (Å²) in [5, 5.41) is 0. The van der Waals surface area contributed by atoms with Crippen LogP contribution < -0.4 is 4.72 Å². The Morgan fingerprint density at radius 3 is 2.53 bits per heavy atom. The highest BCUT2D eigenvalue weighted by atomic mass is 32.2. The molecule has 92 valence electrons. The van der Waals surface area contributed by atoms with Gasteiger partial charge in [-0.2, -0.15) is 0 Å². The van der Waals surface area contributed by atoms with Crippen LogP contribution in [-0.2, 0) is 19.5 Å². The van der Waals surface area contributed by atoms with Gasteiger partial charge in [-0.05, 0) is 12.8 Å². The van der Waals surface area contributed by atoms with Gasteiger partial charge in [-0.25, -0.2) is 13.1 Å². The monoisotopic (exact) mass is 239 g/mol. The molecular weight excluding hydrogens is 218 g/mol. The number of rotatable bonds is 10. The highest BCUT2D eigenvalue weighted by Crippen LogP contribution is 1.89. The summed E-state index contributed by atoms with van der Waals surface area (Å²) >= 11 is 0. The number of hydrogen-bond donors (Lipinski definition) is 1. The molecule has 0 amide bonds. The van der Waals surface area contributed by atoms with Crippen molar-refractivity contribution in [2.45, 2.75) is 19.8 Å². The van der Waals surface area contributed by atoms with Crippen molar-refractivity contribution in [1.82, 2.24) is 4.72 Å². The first-order valence-electron chi connectivity index (χ1n) is 5.16. The average Bonchev–Trinajstić information content (AvgIpc) is 2.16. The summed E-state index contributed by atoms with van der Waals surface area (Å²) in [6.07, 6.45) is 1.33. The fourth-order valence-electron chi connectivity index (χ4n) is 0.987. The van der Waals surface area contributed by atoms with Gasteiger partial charge in [0.2, 0.25) is 10.0 Å². The van der Waals surface area contributed by atoms with E-state index in [2.05, 4.69) is 4.72 Å². The lowest BCUT2D eigenvalue weighted by molar-refractivity contribution is 0.0699. The second kappa shape index (κ2) is 9.08. The Kier molecular flexibility index (Phi) is 8.98. The van der Waals surface area contributed by atoms with E-state index in [1.165, 1.54) is 0 Å². The molecule has 0 heterocycles. The van der Waals surface area contributed by atoms with Crippen molar-refractivity contribution >= 4 is 10.0 Å². The third-order valence-corrected chi connectivity index (χ3v) is 3.28. The number of nitrogens with one attached hydrogen (secondary N) is 1. The Hall–Kier alpha value is -0.170. The van der Waals surface area contributed by atoms with Gasteiger partial charge in [0.25, 0.3) is 0 Å². The molecule has 0 aliphatic heterocycles. The van der Waals surface area contributed by atoms with Crippen molar-refractivity contribution in [1.29, 1.82) is 0 Å². The fourth-order valence-corrected chi connectivity index (χ4v) is 2.12. The van der Waals surface area contributed by atoms with Crippen LogP contribution in [0, 0.1) is 0 Å². The fraction of sp³-hybridized carbons (Fsp3) is 1.00. The zero-order valence-electron chi connectivity index (χ0n) is 9.49. The van der Waals surface area contributed by atoms with E-state index in [1.807, 2.05) is 6.92 Å². The minimum absolute atomic E-state index is 0.192. The second-order valence-electron chi connectivity index (χ2n) is 3.17. The molecule has 0 aliphatic carbocycles. The molecule has 0 saturated heterocycles. The van der Waals surface area contributed by atoms with Gasteiger partial charge in [0.1, 0.15) is 0 Å². The lowest BCUT2D eigenvalue weighted by atomic mass is 10.5. The van der Waals surface area contributed by atoms with Crippen LogP contribution in [0.4, 0.5) is 0 Å². The summed E-state index contributed by atoms with van der Waals surface area (Å²) in [5.41, 5.74) is 0. The van der Waals surface area contributed by atoms with Crippen LogP contribution in [0.5, 0.6) is 0 Å². The molecule has 0 radical (unpaired) electrons. The van der Waals surface area contributed by atoms with Crippen LogP contribution in [0.1, 0.15) is 19.8 Å². The van der Waals surface area contributed by atoms with Crippen molar-refractivity contribution in [3.8, 4) is 0 Å². The molecule has 0 aromatic rings. The van der Waals surface area contributed by atoms with Gasteiger partial charge in [-0.15, -0.1) is 0 Å². The maximum atomic E-state index is 11.2. The third kappa shape index (κ3) is 10.1. The zero-order valence-corrected chi connectivity index (χ0v) is 10.3. The lowest BCUT2D eigenvalue weighted by Gasteiger charge is -2.05. The smallest absolute Gasteiger partial charge is 0.211 e. The minimum atomic E-state index is -3.06. The maximum absolute atomic E-state index is 11.2. The van der Waals surface area contributed by atoms with E-state index in [-0.39, 0.29) is 5.75 Å². The van der Waals surface area contributed by atoms with E-state index < -0.39 is 10.0 Å². The van der Waals surface area contributed by atoms with Crippen LogP contribution in [0.25, 0.3) is 0 Å². The summed E-state index contributed by atoms with van der Waals surface area (Å²) in [6.45, 7) is 3.96. The van der Waals surface area contributed by atoms with Crippen LogP contribution in [0.2, 0.25) is 0 Å². The first kappa shape index (κ1) is 14.8. The third-order valence-electron chi connectivity index (χ3n) is 1.69. The van der Waals surface area contributed by atoms with Crippen LogP contribution in [0.3, 0.4) is 0 Å². The minimum Gasteiger partial charge on any atom is -0.382 e. The summed E-state index contributed by atoms with van der Waals surface area (Å²) in [5.74, 6) is 0.192. The molecule has 0 fully saturated rings. The molecule has 5 nitrogen and oxygen atoms in total. The van der Waals surface area contributed by atoms with Crippen molar-refractivity contribution < 1.29 is 17.9 Å². The Labute approximate surface area is 92.2 Å². The molecule has 0 aliphatic rings. The van der Waals surface area contributed by atoms with E-state index in [9.17, 15) is 8.42 Å². The summed E-state index contributed by atoms with van der Waals surface area (Å²) in [7, 11) is -1.45. The predicted octanol–water partition coefficient (Wildman–Crippen LogP) is 0.369. The largest absolute Gasteiger partial charge is 0.382 e. The van der Waals surface area contributed by atoms with Gasteiger partial charge in [0, 0.05) is 20.3 Å². The molecule has 0 unspecified atom stereocenters. The topological polar surface area (TPSA) is 64.6 Å². The number of hydrogen-bond acceptors (Lipinski definition) is 4. The maximum Gasteiger partial charge on any atom is 0.211 e. The molecule has 15 heavy (non-hydrogen) atoms. The second-order valence-corrected chi connectivity index (χ2v) is 5.10. The van der Waals surface area contributed by atoms with Gasteiger partial charge in [0.05, 0.1) is 19.0 Å². The van der Waals surface area contributed by atoms with Crippen LogP contribution in [-0.4, -0.2) is 47.6 Å². The molecule has 0 aromatic heterocycles. The number of ether oxygens (including phenoxy) is 2. The predicted molar refractivity (Wildman–Crippen MR) is 59.4 cm³/mol. The number of sulfonamides is 1. The van der Waals surface area contributed by atoms with Crippen molar-refractivity contribution in [3.63, 3.8) is 0 Å². The molecule has 0 atom stereocenters. The van der Waals surface area contributed by atoms with Gasteiger partial charge in [-0.1, -0.05) is 6.92 Å². The molecule has 0 bridgehead atoms. The Morgan fingerprint density at radius 1 is 1.20 bits per heavy atom. The van der Waals surface area contributed by atoms with E-state index in [0.29, 0.717) is 39.2 Å². The first-order valence-corrected chi connectivity index (χ1v) is 6.81. The van der Waals surface area contributed by atoms with Gasteiger partial charge in [-0.3, -0.25) is 0 Å². The van der Waals surface area contributed by atoms with Gasteiger partial charge >= 0.3 is 0 Å². The Bertz CT molecular complexity index is 228. The standard InChI is InChI=1S/C9H21NO4S/c1-3-9-15(11,12)10-5-4-6-14-8-7-13-2/h10H,3-9H2,1-2H3. The Balaban J connectivity index is 3.31. The van der Waals surface area contributed by atoms with Crippen LogP contribution in [0.15, 0.2) is 0 Å². The number of methoxy groups -OCH3 is 1. The molecule has 1 N–H and O–H groups in total.